The van der Waals surface area contributed by atoms with Crippen molar-refractivity contribution in [2.24, 2.45) is 0 Å². The lowest BCUT2D eigenvalue weighted by atomic mass is 10.1. The molecule has 0 atom stereocenters. The molecule has 0 heterocycles. The average Bonchev–Trinajstić information content (AvgIpc) is 2.02. The second-order valence-electron chi connectivity index (χ2n) is 2.34. The summed E-state index contributed by atoms with van der Waals surface area (Å²) >= 11 is 0. The van der Waals surface area contributed by atoms with Gasteiger partial charge in [0.2, 0.25) is 0 Å². The zero-order valence-corrected chi connectivity index (χ0v) is 7.02. The highest BCUT2D eigenvalue weighted by atomic mass is 14.5. The van der Waals surface area contributed by atoms with Gasteiger partial charge in [0.05, 0.1) is 0 Å². The van der Waals surface area contributed by atoms with E-state index in [1.807, 2.05) is 18.2 Å². The van der Waals surface area contributed by atoms with Crippen LogP contribution in [0.5, 0.6) is 0 Å². The number of nitrogens with one attached hydrogen (secondary N) is 1. The number of benzene rings is 1. The molecule has 0 fully saturated rings. The van der Waals surface area contributed by atoms with E-state index < -0.39 is 0 Å². The zero-order chi connectivity index (χ0) is 8.85. The Morgan fingerprint density at radius 1 is 1.18 bits per heavy atom. The summed E-state index contributed by atoms with van der Waals surface area (Å²) < 4.78 is 0. The Balaban J connectivity index is 0.000000461. The molecule has 1 aromatic rings. The molecule has 0 aromatic heterocycles. The third-order valence-electron chi connectivity index (χ3n) is 1.53. The largest absolute Gasteiger partial charge is 0.399 e. The first-order valence-electron chi connectivity index (χ1n) is 3.38. The summed E-state index contributed by atoms with van der Waals surface area (Å²) in [7, 11) is 0. The summed E-state index contributed by atoms with van der Waals surface area (Å²) in [6.45, 7) is 6.64. The third kappa shape index (κ3) is 2.85. The summed E-state index contributed by atoms with van der Waals surface area (Å²) in [5.74, 6) is 0. The second-order valence-corrected chi connectivity index (χ2v) is 2.34. The van der Waals surface area contributed by atoms with Gasteiger partial charge in [0, 0.05) is 5.69 Å². The van der Waals surface area contributed by atoms with E-state index in [1.54, 1.807) is 0 Å². The number of rotatable bonds is 0. The normalized spacial score (nSPS) is 8.18. The summed E-state index contributed by atoms with van der Waals surface area (Å²) in [6, 6.07) is 5.93. The van der Waals surface area contributed by atoms with E-state index in [4.69, 9.17) is 11.1 Å². The lowest BCUT2D eigenvalue weighted by molar-refractivity contribution is 1.34. The topological polar surface area (TPSA) is 49.9 Å². The molecule has 0 aliphatic rings. The Labute approximate surface area is 67.6 Å². The Hall–Kier alpha value is -1.31. The van der Waals surface area contributed by atoms with Crippen molar-refractivity contribution in [2.45, 2.75) is 13.8 Å². The predicted octanol–water partition coefficient (Wildman–Crippen LogP) is 2.15. The maximum Gasteiger partial charge on any atom is 0.0316 e. The van der Waals surface area contributed by atoms with Crippen LogP contribution in [-0.4, -0.2) is 6.72 Å². The van der Waals surface area contributed by atoms with Crippen molar-refractivity contribution >= 4 is 12.4 Å². The van der Waals surface area contributed by atoms with Crippen LogP contribution in [0, 0.1) is 19.3 Å². The number of nitrogens with two attached hydrogens (primary N) is 1. The van der Waals surface area contributed by atoms with Crippen LogP contribution in [0.15, 0.2) is 18.2 Å². The minimum atomic E-state index is 0.845. The lowest BCUT2D eigenvalue weighted by Gasteiger charge is -1.98. The molecular formula is C9H14N2. The van der Waals surface area contributed by atoms with E-state index in [0.29, 0.717) is 0 Å². The van der Waals surface area contributed by atoms with Gasteiger partial charge in [-0.1, -0.05) is 6.07 Å². The van der Waals surface area contributed by atoms with E-state index in [0.717, 1.165) is 5.69 Å². The fraction of sp³-hybridized carbons (Fsp3) is 0.222. The van der Waals surface area contributed by atoms with E-state index in [9.17, 15) is 0 Å². The molecule has 0 saturated carbocycles. The van der Waals surface area contributed by atoms with Crippen molar-refractivity contribution < 1.29 is 0 Å². The molecule has 0 amide bonds. The molecule has 60 valence electrons. The van der Waals surface area contributed by atoms with Crippen LogP contribution in [0.25, 0.3) is 0 Å². The Kier molecular flexibility index (Phi) is 3.96. The summed E-state index contributed by atoms with van der Waals surface area (Å²) in [6.07, 6.45) is 0. The van der Waals surface area contributed by atoms with Crippen LogP contribution >= 0.6 is 0 Å². The molecule has 0 aliphatic carbocycles. The van der Waals surface area contributed by atoms with Crippen LogP contribution in [0.3, 0.4) is 0 Å². The highest BCUT2D eigenvalue weighted by Crippen LogP contribution is 2.09. The van der Waals surface area contributed by atoms with Crippen LogP contribution in [0.2, 0.25) is 0 Å². The third-order valence-corrected chi connectivity index (χ3v) is 1.53. The molecule has 0 saturated heterocycles. The molecule has 0 spiro atoms. The zero-order valence-electron chi connectivity index (χ0n) is 7.02. The average molecular weight is 150 g/mol. The molecule has 1 rings (SSSR count). The maximum absolute atomic E-state index is 5.53. The first-order valence-corrected chi connectivity index (χ1v) is 3.38. The summed E-state index contributed by atoms with van der Waals surface area (Å²) in [5, 5.41) is 5.50. The molecule has 3 N–H and O–H groups in total. The van der Waals surface area contributed by atoms with Crippen molar-refractivity contribution in [2.75, 3.05) is 5.73 Å². The molecule has 1 aromatic carbocycles. The van der Waals surface area contributed by atoms with Crippen LogP contribution < -0.4 is 5.73 Å². The lowest BCUT2D eigenvalue weighted by Crippen LogP contribution is -1.86. The molecule has 0 bridgehead atoms. The van der Waals surface area contributed by atoms with E-state index >= 15 is 0 Å². The number of hydrogen-bond donors (Lipinski definition) is 2. The van der Waals surface area contributed by atoms with Gasteiger partial charge in [0.25, 0.3) is 0 Å². The number of hydrogen-bond acceptors (Lipinski definition) is 2. The van der Waals surface area contributed by atoms with Gasteiger partial charge in [0.1, 0.15) is 0 Å². The molecule has 2 heteroatoms. The van der Waals surface area contributed by atoms with Gasteiger partial charge in [-0.15, -0.1) is 0 Å². The van der Waals surface area contributed by atoms with Gasteiger partial charge in [0.15, 0.2) is 0 Å². The van der Waals surface area contributed by atoms with Gasteiger partial charge in [-0.3, -0.25) is 0 Å². The first kappa shape index (κ1) is 9.69. The van der Waals surface area contributed by atoms with Gasteiger partial charge < -0.3 is 11.1 Å². The van der Waals surface area contributed by atoms with Crippen LogP contribution in [0.4, 0.5) is 5.69 Å². The minimum Gasteiger partial charge on any atom is -0.399 e. The molecule has 2 nitrogen and oxygen atoms in total. The standard InChI is InChI=1S/C8H11N.CH3N/c1-6-3-4-8(9)5-7(6)2;1-2/h3-5H,9H2,1-2H3;2H,1H2. The van der Waals surface area contributed by atoms with Gasteiger partial charge in [-0.25, -0.2) is 0 Å². The quantitative estimate of drug-likeness (QED) is 0.432. The first-order chi connectivity index (χ1) is 5.20. The molecular weight excluding hydrogens is 136 g/mol. The smallest absolute Gasteiger partial charge is 0.0316 e. The van der Waals surface area contributed by atoms with Gasteiger partial charge >= 0.3 is 0 Å². The van der Waals surface area contributed by atoms with E-state index in [1.165, 1.54) is 11.1 Å². The van der Waals surface area contributed by atoms with Crippen LogP contribution in [-0.2, 0) is 0 Å². The van der Waals surface area contributed by atoms with Gasteiger partial charge in [-0.05, 0) is 43.8 Å². The molecule has 0 radical (unpaired) electrons. The monoisotopic (exact) mass is 150 g/mol. The number of aryl methyl sites for hydroxylation is 2. The number of nitrogen functional groups attached to an aromatic ring is 1. The Morgan fingerprint density at radius 3 is 2.09 bits per heavy atom. The highest BCUT2D eigenvalue weighted by molar-refractivity contribution is 5.43. The van der Waals surface area contributed by atoms with E-state index in [-0.39, 0.29) is 0 Å². The van der Waals surface area contributed by atoms with Crippen molar-refractivity contribution in [3.05, 3.63) is 29.3 Å². The molecule has 11 heavy (non-hydrogen) atoms. The summed E-state index contributed by atoms with van der Waals surface area (Å²) in [4.78, 5) is 0. The molecule has 0 aliphatic heterocycles. The Morgan fingerprint density at radius 2 is 1.73 bits per heavy atom. The van der Waals surface area contributed by atoms with Crippen molar-refractivity contribution in [1.29, 1.82) is 5.41 Å². The Bertz CT molecular complexity index is 231. The van der Waals surface area contributed by atoms with Crippen molar-refractivity contribution in [3.63, 3.8) is 0 Å². The predicted molar refractivity (Wildman–Crippen MR) is 50.2 cm³/mol. The van der Waals surface area contributed by atoms with Crippen molar-refractivity contribution in [3.8, 4) is 0 Å². The second kappa shape index (κ2) is 4.50. The fourth-order valence-corrected chi connectivity index (χ4v) is 0.765. The number of anilines is 1. The van der Waals surface area contributed by atoms with Crippen molar-refractivity contribution in [1.82, 2.24) is 0 Å². The maximum atomic E-state index is 5.53. The fourth-order valence-electron chi connectivity index (χ4n) is 0.765. The van der Waals surface area contributed by atoms with Crippen LogP contribution in [0.1, 0.15) is 11.1 Å². The minimum absolute atomic E-state index is 0.845. The molecule has 0 unspecified atom stereocenters. The van der Waals surface area contributed by atoms with E-state index in [2.05, 4.69) is 20.6 Å². The highest BCUT2D eigenvalue weighted by Gasteiger charge is 1.89. The SMILES string of the molecule is C=N.Cc1ccc(N)cc1C. The summed E-state index contributed by atoms with van der Waals surface area (Å²) in [5.41, 5.74) is 8.93. The van der Waals surface area contributed by atoms with Gasteiger partial charge in [-0.2, -0.15) is 0 Å².